The molecule has 1 N–H and O–H groups in total. The highest BCUT2D eigenvalue weighted by Gasteiger charge is 2.56. The Kier molecular flexibility index (Phi) is 5.20. The Morgan fingerprint density at radius 2 is 1.69 bits per heavy atom. The fourth-order valence-corrected chi connectivity index (χ4v) is 5.77. The lowest BCUT2D eigenvalue weighted by Crippen LogP contribution is -2.59. The highest BCUT2D eigenvalue weighted by Crippen LogP contribution is 2.45. The molecule has 1 aliphatic heterocycles. The summed E-state index contributed by atoms with van der Waals surface area (Å²) in [5.41, 5.74) is 3.39. The van der Waals surface area contributed by atoms with Crippen molar-refractivity contribution in [1.29, 1.82) is 0 Å². The van der Waals surface area contributed by atoms with E-state index >= 15 is 0 Å². The molecule has 5 rings (SSSR count). The number of fused-ring (bicyclic) bond motifs is 3. The number of nitrogens with zero attached hydrogens (tertiary/aromatic N) is 2. The van der Waals surface area contributed by atoms with Crippen molar-refractivity contribution in [3.05, 3.63) is 59.7 Å². The molecule has 2 unspecified atom stereocenters. The molecule has 1 saturated heterocycles. The molecule has 2 aliphatic carbocycles. The van der Waals surface area contributed by atoms with Crippen molar-refractivity contribution >= 4 is 12.1 Å². The standard InChI is InChI=1S/C26H30N2O4/c1-3-28(26(24(29)30)14-17(2)27(16-26)18-12-13-18)25(31)32-15-23-21-10-6-4-8-19(21)20-9-5-7-11-22(20)23/h4-11,17-18,23H,3,12-16H2,1-2H3,(H,29,30). The lowest BCUT2D eigenvalue weighted by Gasteiger charge is -2.36. The zero-order chi connectivity index (χ0) is 22.5. The third-order valence-corrected chi connectivity index (χ3v) is 7.45. The fourth-order valence-electron chi connectivity index (χ4n) is 5.77. The second-order valence-corrected chi connectivity index (χ2v) is 9.34. The molecule has 32 heavy (non-hydrogen) atoms. The van der Waals surface area contributed by atoms with Gasteiger partial charge in [-0.15, -0.1) is 0 Å². The van der Waals surface area contributed by atoms with E-state index in [-0.39, 0.29) is 18.6 Å². The van der Waals surface area contributed by atoms with Crippen molar-refractivity contribution in [1.82, 2.24) is 9.80 Å². The van der Waals surface area contributed by atoms with E-state index < -0.39 is 17.6 Å². The van der Waals surface area contributed by atoms with Crippen molar-refractivity contribution in [2.75, 3.05) is 19.7 Å². The maximum Gasteiger partial charge on any atom is 0.410 e. The average Bonchev–Trinajstić information content (AvgIpc) is 3.50. The van der Waals surface area contributed by atoms with E-state index in [1.807, 2.05) is 31.2 Å². The van der Waals surface area contributed by atoms with E-state index in [2.05, 4.69) is 36.1 Å². The molecular weight excluding hydrogens is 404 g/mol. The predicted molar refractivity (Wildman–Crippen MR) is 122 cm³/mol. The minimum absolute atomic E-state index is 0.0451. The summed E-state index contributed by atoms with van der Waals surface area (Å²) in [5, 5.41) is 10.2. The summed E-state index contributed by atoms with van der Waals surface area (Å²) >= 11 is 0. The monoisotopic (exact) mass is 434 g/mol. The minimum Gasteiger partial charge on any atom is -0.479 e. The Balaban J connectivity index is 1.37. The van der Waals surface area contributed by atoms with Crippen molar-refractivity contribution in [2.24, 2.45) is 0 Å². The molecule has 0 bridgehead atoms. The minimum atomic E-state index is -1.24. The number of likely N-dealkylation sites (tertiary alicyclic amines) is 1. The van der Waals surface area contributed by atoms with Crippen LogP contribution < -0.4 is 0 Å². The van der Waals surface area contributed by atoms with Crippen LogP contribution in [0.15, 0.2) is 48.5 Å². The van der Waals surface area contributed by atoms with E-state index in [1.54, 1.807) is 0 Å². The van der Waals surface area contributed by atoms with Crippen LogP contribution in [-0.2, 0) is 9.53 Å². The average molecular weight is 435 g/mol. The SMILES string of the molecule is CCN(C(=O)OCC1c2ccccc2-c2ccccc21)C1(C(=O)O)CC(C)N(C2CC2)C1. The van der Waals surface area contributed by atoms with Gasteiger partial charge in [0.15, 0.2) is 5.54 Å². The normalized spacial score (nSPS) is 24.8. The molecule has 1 amide bonds. The molecular formula is C26H30N2O4. The Hall–Kier alpha value is -2.86. The molecule has 0 spiro atoms. The molecule has 0 aromatic heterocycles. The first-order valence-corrected chi connectivity index (χ1v) is 11.6. The van der Waals surface area contributed by atoms with Crippen LogP contribution in [0, 0.1) is 0 Å². The van der Waals surface area contributed by atoms with Crippen molar-refractivity contribution in [3.8, 4) is 11.1 Å². The number of ether oxygens (including phenoxy) is 1. The van der Waals surface area contributed by atoms with E-state index in [4.69, 9.17) is 4.74 Å². The highest BCUT2D eigenvalue weighted by atomic mass is 16.6. The van der Waals surface area contributed by atoms with Crippen LogP contribution in [0.5, 0.6) is 0 Å². The first-order valence-electron chi connectivity index (χ1n) is 11.6. The summed E-state index contributed by atoms with van der Waals surface area (Å²) in [6.07, 6.45) is 2.10. The number of carboxylic acids is 1. The summed E-state index contributed by atoms with van der Waals surface area (Å²) in [6, 6.07) is 17.0. The molecule has 2 fully saturated rings. The number of likely N-dealkylation sites (N-methyl/N-ethyl adjacent to an activating group) is 1. The van der Waals surface area contributed by atoms with Gasteiger partial charge in [0.25, 0.3) is 0 Å². The Morgan fingerprint density at radius 1 is 1.09 bits per heavy atom. The molecule has 6 heteroatoms. The van der Waals surface area contributed by atoms with Gasteiger partial charge >= 0.3 is 12.1 Å². The zero-order valence-electron chi connectivity index (χ0n) is 18.7. The lowest BCUT2D eigenvalue weighted by atomic mass is 9.94. The van der Waals surface area contributed by atoms with Gasteiger partial charge in [-0.2, -0.15) is 0 Å². The van der Waals surface area contributed by atoms with Crippen LogP contribution in [-0.4, -0.2) is 64.3 Å². The maximum atomic E-state index is 13.3. The van der Waals surface area contributed by atoms with Crippen molar-refractivity contribution < 1.29 is 19.4 Å². The third-order valence-electron chi connectivity index (χ3n) is 7.45. The number of rotatable bonds is 6. The topological polar surface area (TPSA) is 70.1 Å². The second-order valence-electron chi connectivity index (χ2n) is 9.34. The van der Waals surface area contributed by atoms with Gasteiger partial charge in [-0.25, -0.2) is 9.59 Å². The van der Waals surface area contributed by atoms with Crippen LogP contribution in [0.2, 0.25) is 0 Å². The Morgan fingerprint density at radius 3 is 2.22 bits per heavy atom. The van der Waals surface area contributed by atoms with Crippen LogP contribution in [0.1, 0.15) is 50.2 Å². The largest absolute Gasteiger partial charge is 0.479 e. The van der Waals surface area contributed by atoms with Crippen LogP contribution in [0.25, 0.3) is 11.1 Å². The molecule has 3 aliphatic rings. The van der Waals surface area contributed by atoms with E-state index in [0.717, 1.165) is 24.0 Å². The van der Waals surface area contributed by atoms with E-state index in [9.17, 15) is 14.7 Å². The highest BCUT2D eigenvalue weighted by molar-refractivity contribution is 5.85. The van der Waals surface area contributed by atoms with Gasteiger partial charge in [-0.3, -0.25) is 9.80 Å². The Labute approximate surface area is 188 Å². The number of hydrogen-bond acceptors (Lipinski definition) is 4. The summed E-state index contributed by atoms with van der Waals surface area (Å²) in [5.74, 6) is -0.987. The number of amides is 1. The predicted octanol–water partition coefficient (Wildman–Crippen LogP) is 4.34. The number of benzene rings is 2. The summed E-state index contributed by atoms with van der Waals surface area (Å²) in [6.45, 7) is 4.76. The smallest absolute Gasteiger partial charge is 0.410 e. The summed E-state index contributed by atoms with van der Waals surface area (Å²) < 4.78 is 5.83. The summed E-state index contributed by atoms with van der Waals surface area (Å²) in [7, 11) is 0. The van der Waals surface area contributed by atoms with Crippen molar-refractivity contribution in [2.45, 2.75) is 56.7 Å². The van der Waals surface area contributed by atoms with Crippen LogP contribution >= 0.6 is 0 Å². The van der Waals surface area contributed by atoms with Gasteiger partial charge in [0.1, 0.15) is 6.61 Å². The second kappa shape index (κ2) is 7.93. The van der Waals surface area contributed by atoms with Gasteiger partial charge in [0, 0.05) is 31.1 Å². The van der Waals surface area contributed by atoms with E-state index in [1.165, 1.54) is 16.0 Å². The van der Waals surface area contributed by atoms with Crippen LogP contribution in [0.3, 0.4) is 0 Å². The first kappa shape index (κ1) is 21.0. The lowest BCUT2D eigenvalue weighted by molar-refractivity contribution is -0.149. The zero-order valence-corrected chi connectivity index (χ0v) is 18.7. The molecule has 168 valence electrons. The molecule has 1 saturated carbocycles. The van der Waals surface area contributed by atoms with Crippen molar-refractivity contribution in [3.63, 3.8) is 0 Å². The van der Waals surface area contributed by atoms with Gasteiger partial charge in [0.2, 0.25) is 0 Å². The number of carboxylic acid groups (broad SMARTS) is 1. The quantitative estimate of drug-likeness (QED) is 0.733. The Bertz CT molecular complexity index is 1000. The van der Waals surface area contributed by atoms with Crippen LogP contribution in [0.4, 0.5) is 4.79 Å². The molecule has 2 aromatic carbocycles. The van der Waals surface area contributed by atoms with Gasteiger partial charge in [0.05, 0.1) is 0 Å². The fraction of sp³-hybridized carbons (Fsp3) is 0.462. The number of carbonyl (C=O) groups is 2. The summed E-state index contributed by atoms with van der Waals surface area (Å²) in [4.78, 5) is 29.4. The molecule has 0 radical (unpaired) electrons. The van der Waals surface area contributed by atoms with Gasteiger partial charge in [-0.1, -0.05) is 48.5 Å². The van der Waals surface area contributed by atoms with Gasteiger partial charge in [-0.05, 0) is 55.4 Å². The number of carbonyl (C=O) groups excluding carboxylic acids is 1. The number of hydrogen-bond donors (Lipinski definition) is 1. The first-order chi connectivity index (χ1) is 15.5. The molecule has 2 aromatic rings. The third kappa shape index (κ3) is 3.28. The molecule has 6 nitrogen and oxygen atoms in total. The molecule has 1 heterocycles. The maximum absolute atomic E-state index is 13.3. The number of aliphatic carboxylic acids is 1. The van der Waals surface area contributed by atoms with E-state index in [0.29, 0.717) is 25.6 Å². The van der Waals surface area contributed by atoms with Gasteiger partial charge < -0.3 is 9.84 Å². The molecule has 2 atom stereocenters.